The van der Waals surface area contributed by atoms with E-state index in [1.54, 1.807) is 37.7 Å². The average Bonchev–Trinajstić information content (AvgIpc) is 3.14. The third-order valence-corrected chi connectivity index (χ3v) is 7.31. The van der Waals surface area contributed by atoms with E-state index >= 15 is 0 Å². The van der Waals surface area contributed by atoms with Gasteiger partial charge in [-0.15, -0.1) is 11.3 Å². The Bertz CT molecular complexity index is 1470. The molecular weight excluding hydrogens is 434 g/mol. The predicted octanol–water partition coefficient (Wildman–Crippen LogP) is 4.14. The lowest BCUT2D eigenvalue weighted by molar-refractivity contribution is 0.0831. The second kappa shape index (κ2) is 8.83. The average molecular weight is 462 g/mol. The van der Waals surface area contributed by atoms with Crippen molar-refractivity contribution in [2.24, 2.45) is 0 Å². The summed E-state index contributed by atoms with van der Waals surface area (Å²) in [5.74, 6) is -0.179. The number of thiophene rings is 1. The first-order valence-electron chi connectivity index (χ1n) is 10.9. The van der Waals surface area contributed by atoms with Gasteiger partial charge in [0.05, 0.1) is 22.5 Å². The van der Waals surface area contributed by atoms with Gasteiger partial charge in [-0.3, -0.25) is 14.2 Å². The van der Waals surface area contributed by atoms with Gasteiger partial charge in [0, 0.05) is 14.1 Å². The number of fused-ring (bicyclic) bond motifs is 1. The molecule has 0 spiro atoms. The summed E-state index contributed by atoms with van der Waals surface area (Å²) in [4.78, 5) is 42.7. The van der Waals surface area contributed by atoms with Crippen LogP contribution in [0.15, 0.2) is 58.1 Å². The number of amides is 1. The summed E-state index contributed by atoms with van der Waals surface area (Å²) >= 11 is 1.21. The molecule has 0 atom stereocenters. The minimum atomic E-state index is -0.412. The molecule has 0 radical (unpaired) electrons. The van der Waals surface area contributed by atoms with Gasteiger partial charge in [0.25, 0.3) is 11.5 Å². The molecule has 170 valence electrons. The number of nitrogens with zero attached hydrogens (tertiary/aromatic N) is 3. The summed E-state index contributed by atoms with van der Waals surface area (Å²) in [5.41, 5.74) is 3.49. The largest absolute Gasteiger partial charge is 0.344 e. The fraction of sp³-hybridized carbons (Fsp3) is 0.269. The van der Waals surface area contributed by atoms with E-state index in [2.05, 4.69) is 6.92 Å². The molecule has 0 aliphatic heterocycles. The van der Waals surface area contributed by atoms with Crippen molar-refractivity contribution in [2.45, 2.75) is 33.7 Å². The first-order valence-corrected chi connectivity index (χ1v) is 11.7. The molecule has 1 amide bonds. The van der Waals surface area contributed by atoms with E-state index in [0.29, 0.717) is 32.9 Å². The van der Waals surface area contributed by atoms with Crippen LogP contribution >= 0.6 is 11.3 Å². The highest BCUT2D eigenvalue weighted by atomic mass is 32.1. The molecule has 7 heteroatoms. The lowest BCUT2D eigenvalue weighted by atomic mass is 10.1. The fourth-order valence-corrected chi connectivity index (χ4v) is 5.27. The third-order valence-electron chi connectivity index (χ3n) is 6.01. The molecule has 0 aliphatic carbocycles. The van der Waals surface area contributed by atoms with Crippen molar-refractivity contribution in [1.82, 2.24) is 14.0 Å². The summed E-state index contributed by atoms with van der Waals surface area (Å²) in [6.45, 7) is 6.15. The molecule has 2 aromatic carbocycles. The maximum atomic E-state index is 13.7. The van der Waals surface area contributed by atoms with Gasteiger partial charge < -0.3 is 4.90 Å². The zero-order valence-corrected chi connectivity index (χ0v) is 20.3. The molecule has 0 N–H and O–H groups in total. The number of hydrogen-bond acceptors (Lipinski definition) is 4. The molecule has 6 nitrogen and oxygen atoms in total. The maximum absolute atomic E-state index is 13.7. The molecule has 0 unspecified atom stereocenters. The molecular formula is C26H27N3O3S. The molecule has 33 heavy (non-hydrogen) atoms. The molecule has 4 rings (SSSR count). The minimum Gasteiger partial charge on any atom is -0.344 e. The number of carbonyl (C=O) groups excluding carboxylic acids is 1. The van der Waals surface area contributed by atoms with Crippen molar-refractivity contribution in [2.75, 3.05) is 14.1 Å². The molecule has 2 aromatic heterocycles. The predicted molar refractivity (Wildman–Crippen MR) is 134 cm³/mol. The van der Waals surface area contributed by atoms with E-state index in [9.17, 15) is 14.4 Å². The second-order valence-corrected chi connectivity index (χ2v) is 9.39. The molecule has 0 bridgehead atoms. The zero-order chi connectivity index (χ0) is 23.9. The molecule has 0 saturated carbocycles. The first kappa shape index (κ1) is 22.7. The first-order chi connectivity index (χ1) is 15.7. The summed E-state index contributed by atoms with van der Waals surface area (Å²) < 4.78 is 2.85. The topological polar surface area (TPSA) is 64.3 Å². The molecule has 0 fully saturated rings. The van der Waals surface area contributed by atoms with Crippen molar-refractivity contribution in [3.8, 4) is 5.69 Å². The van der Waals surface area contributed by atoms with Crippen molar-refractivity contribution in [1.29, 1.82) is 0 Å². The fourth-order valence-electron chi connectivity index (χ4n) is 3.96. The van der Waals surface area contributed by atoms with E-state index in [1.165, 1.54) is 20.8 Å². The van der Waals surface area contributed by atoms with Crippen molar-refractivity contribution in [3.05, 3.63) is 96.5 Å². The Labute approximate surface area is 196 Å². The third kappa shape index (κ3) is 3.93. The summed E-state index contributed by atoms with van der Waals surface area (Å²) in [6.07, 6.45) is 0.866. The van der Waals surface area contributed by atoms with Crippen LogP contribution in [0.5, 0.6) is 0 Å². The Kier molecular flexibility index (Phi) is 6.08. The van der Waals surface area contributed by atoms with Gasteiger partial charge >= 0.3 is 5.69 Å². The van der Waals surface area contributed by atoms with Gasteiger partial charge in [-0.25, -0.2) is 9.36 Å². The quantitative estimate of drug-likeness (QED) is 0.449. The van der Waals surface area contributed by atoms with E-state index in [-0.39, 0.29) is 5.91 Å². The normalized spacial score (nSPS) is 11.2. The highest BCUT2D eigenvalue weighted by molar-refractivity contribution is 7.20. The van der Waals surface area contributed by atoms with Gasteiger partial charge in [0.1, 0.15) is 4.83 Å². The summed E-state index contributed by atoms with van der Waals surface area (Å²) in [7, 11) is 3.36. The smallest absolute Gasteiger partial charge is 0.337 e. The Hall–Kier alpha value is -3.45. The van der Waals surface area contributed by atoms with E-state index < -0.39 is 11.2 Å². The van der Waals surface area contributed by atoms with Crippen molar-refractivity contribution < 1.29 is 4.79 Å². The second-order valence-electron chi connectivity index (χ2n) is 8.39. The van der Waals surface area contributed by atoms with Gasteiger partial charge in [-0.1, -0.05) is 43.3 Å². The van der Waals surface area contributed by atoms with Gasteiger partial charge in [-0.2, -0.15) is 0 Å². The van der Waals surface area contributed by atoms with Gasteiger partial charge in [0.2, 0.25) is 0 Å². The number of hydrogen-bond donors (Lipinski definition) is 0. The molecule has 0 saturated heterocycles. The van der Waals surface area contributed by atoms with Crippen LogP contribution in [0.1, 0.15) is 38.8 Å². The van der Waals surface area contributed by atoms with Crippen molar-refractivity contribution in [3.63, 3.8) is 0 Å². The Morgan fingerprint density at radius 2 is 1.67 bits per heavy atom. The highest BCUT2D eigenvalue weighted by Gasteiger charge is 2.24. The standard InChI is InChI=1S/C26H27N3O3S/c1-6-18-11-13-20(14-12-18)29-23(30)21-17(3)22(24(31)27(4)5)33-25(21)28(26(29)32)15-19-10-8-7-9-16(19)2/h7-14H,6,15H2,1-5H3. The van der Waals surface area contributed by atoms with Crippen LogP contribution < -0.4 is 11.2 Å². The minimum absolute atomic E-state index is 0.179. The van der Waals surface area contributed by atoms with Crippen LogP contribution in [-0.2, 0) is 13.0 Å². The Morgan fingerprint density at radius 3 is 2.27 bits per heavy atom. The summed E-state index contributed by atoms with van der Waals surface area (Å²) in [6, 6.07) is 15.3. The van der Waals surface area contributed by atoms with Crippen LogP contribution in [-0.4, -0.2) is 34.0 Å². The lowest BCUT2D eigenvalue weighted by Crippen LogP contribution is -2.39. The number of benzene rings is 2. The van der Waals surface area contributed by atoms with Crippen LogP contribution in [0.2, 0.25) is 0 Å². The number of aromatic nitrogens is 2. The van der Waals surface area contributed by atoms with Crippen LogP contribution in [0.4, 0.5) is 0 Å². The SMILES string of the molecule is CCc1ccc(-n2c(=O)c3c(C)c(C(=O)N(C)C)sc3n(Cc3ccccc3C)c2=O)cc1. The highest BCUT2D eigenvalue weighted by Crippen LogP contribution is 2.29. The van der Waals surface area contributed by atoms with Crippen LogP contribution in [0, 0.1) is 13.8 Å². The molecule has 2 heterocycles. The number of rotatable bonds is 5. The molecule has 0 aliphatic rings. The van der Waals surface area contributed by atoms with Gasteiger partial charge in [-0.05, 0) is 54.7 Å². The Morgan fingerprint density at radius 1 is 1.00 bits per heavy atom. The monoisotopic (exact) mass is 461 g/mol. The lowest BCUT2D eigenvalue weighted by Gasteiger charge is -2.14. The number of carbonyl (C=O) groups is 1. The van der Waals surface area contributed by atoms with E-state index in [4.69, 9.17) is 0 Å². The van der Waals surface area contributed by atoms with E-state index in [1.807, 2.05) is 43.3 Å². The van der Waals surface area contributed by atoms with E-state index in [0.717, 1.165) is 23.1 Å². The zero-order valence-electron chi connectivity index (χ0n) is 19.5. The number of aryl methyl sites for hydroxylation is 3. The van der Waals surface area contributed by atoms with Crippen LogP contribution in [0.25, 0.3) is 15.9 Å². The maximum Gasteiger partial charge on any atom is 0.337 e. The summed E-state index contributed by atoms with van der Waals surface area (Å²) in [5, 5.41) is 0.415. The molecule has 4 aromatic rings. The Balaban J connectivity index is 2.07. The van der Waals surface area contributed by atoms with Gasteiger partial charge in [0.15, 0.2) is 0 Å². The van der Waals surface area contributed by atoms with Crippen LogP contribution in [0.3, 0.4) is 0 Å². The van der Waals surface area contributed by atoms with Crippen molar-refractivity contribution >= 4 is 27.5 Å².